The van der Waals surface area contributed by atoms with Crippen molar-refractivity contribution in [2.45, 2.75) is 38.2 Å². The van der Waals surface area contributed by atoms with E-state index in [9.17, 15) is 13.2 Å². The van der Waals surface area contributed by atoms with Crippen molar-refractivity contribution in [1.29, 1.82) is 0 Å². The third kappa shape index (κ3) is 3.15. The molecule has 0 spiro atoms. The van der Waals surface area contributed by atoms with E-state index in [4.69, 9.17) is 4.74 Å². The lowest BCUT2D eigenvalue weighted by Crippen LogP contribution is -2.25. The first-order valence-corrected chi connectivity index (χ1v) is 8.55. The number of nitrogens with zero attached hydrogens (tertiary/aromatic N) is 3. The lowest BCUT2D eigenvalue weighted by Gasteiger charge is -2.25. The molecule has 4 rings (SSSR count). The molecule has 132 valence electrons. The Kier molecular flexibility index (Phi) is 4.23. The molecule has 0 bridgehead atoms. The van der Waals surface area contributed by atoms with Crippen molar-refractivity contribution in [3.8, 4) is 17.3 Å². The number of aromatic nitrogens is 2. The highest BCUT2D eigenvalue weighted by atomic mass is 19.1. The van der Waals surface area contributed by atoms with Gasteiger partial charge in [-0.3, -0.25) is 0 Å². The van der Waals surface area contributed by atoms with Crippen LogP contribution in [0.5, 0.6) is 5.88 Å². The van der Waals surface area contributed by atoms with Crippen molar-refractivity contribution in [2.75, 3.05) is 18.0 Å². The molecule has 1 saturated carbocycles. The first-order valence-electron chi connectivity index (χ1n) is 8.55. The van der Waals surface area contributed by atoms with Gasteiger partial charge in [-0.2, -0.15) is 9.37 Å². The maximum absolute atomic E-state index is 14.5. The van der Waals surface area contributed by atoms with E-state index in [2.05, 4.69) is 9.97 Å². The number of ether oxygens (including phenoxy) is 1. The Labute approximate surface area is 143 Å². The second-order valence-electron chi connectivity index (χ2n) is 6.50. The number of halogens is 3. The fraction of sp³-hybridized carbons (Fsp3) is 0.444. The van der Waals surface area contributed by atoms with Crippen LogP contribution in [-0.2, 0) is 0 Å². The Morgan fingerprint density at radius 2 is 1.64 bits per heavy atom. The highest BCUT2D eigenvalue weighted by Gasteiger charge is 2.24. The Hall–Kier alpha value is -2.31. The van der Waals surface area contributed by atoms with E-state index < -0.39 is 17.5 Å². The number of hydrogen-bond acceptors (Lipinski definition) is 4. The first-order chi connectivity index (χ1) is 12.1. The van der Waals surface area contributed by atoms with Crippen molar-refractivity contribution in [2.24, 2.45) is 0 Å². The quantitative estimate of drug-likeness (QED) is 0.833. The molecule has 2 aromatic rings. The van der Waals surface area contributed by atoms with Gasteiger partial charge in [-0.05, 0) is 44.2 Å². The lowest BCUT2D eigenvalue weighted by molar-refractivity contribution is 0.109. The molecule has 1 aromatic carbocycles. The summed E-state index contributed by atoms with van der Waals surface area (Å²) in [6, 6.07) is 2.38. The van der Waals surface area contributed by atoms with E-state index in [-0.39, 0.29) is 29.1 Å². The van der Waals surface area contributed by atoms with Crippen LogP contribution in [0.25, 0.3) is 11.4 Å². The van der Waals surface area contributed by atoms with E-state index >= 15 is 0 Å². The summed E-state index contributed by atoms with van der Waals surface area (Å²) in [6.07, 6.45) is 5.51. The number of hydrogen-bond donors (Lipinski definition) is 0. The summed E-state index contributed by atoms with van der Waals surface area (Å²) in [4.78, 5) is 9.57. The second-order valence-corrected chi connectivity index (χ2v) is 6.50. The molecule has 0 N–H and O–H groups in total. The average Bonchev–Trinajstić information content (AvgIpc) is 3.05. The SMILES string of the molecule is Fc1cnc(-c2cc(F)c(N3CCCC3)c(F)c2)nc1OC1CCC1. The zero-order valence-electron chi connectivity index (χ0n) is 13.6. The van der Waals surface area contributed by atoms with Gasteiger partial charge in [-0.15, -0.1) is 0 Å². The summed E-state index contributed by atoms with van der Waals surface area (Å²) in [7, 11) is 0. The summed E-state index contributed by atoms with van der Waals surface area (Å²) < 4.78 is 48.2. The number of benzene rings is 1. The minimum absolute atomic E-state index is 0.0192. The molecule has 1 aliphatic heterocycles. The van der Waals surface area contributed by atoms with Crippen LogP contribution in [0.15, 0.2) is 18.3 Å². The molecular weight excluding hydrogens is 331 g/mol. The molecule has 7 heteroatoms. The predicted octanol–water partition coefficient (Wildman–Crippen LogP) is 4.09. The molecule has 25 heavy (non-hydrogen) atoms. The van der Waals surface area contributed by atoms with E-state index in [0.29, 0.717) is 13.1 Å². The van der Waals surface area contributed by atoms with Gasteiger partial charge >= 0.3 is 0 Å². The molecule has 1 saturated heterocycles. The smallest absolute Gasteiger partial charge is 0.254 e. The van der Waals surface area contributed by atoms with Gasteiger partial charge in [-0.1, -0.05) is 0 Å². The van der Waals surface area contributed by atoms with Gasteiger partial charge in [0.05, 0.1) is 6.20 Å². The third-order valence-corrected chi connectivity index (χ3v) is 4.74. The van der Waals surface area contributed by atoms with E-state index in [1.54, 1.807) is 4.90 Å². The molecule has 0 unspecified atom stereocenters. The van der Waals surface area contributed by atoms with Crippen LogP contribution >= 0.6 is 0 Å². The summed E-state index contributed by atoms with van der Waals surface area (Å²) >= 11 is 0. The van der Waals surface area contributed by atoms with Gasteiger partial charge in [0.25, 0.3) is 5.88 Å². The zero-order valence-corrected chi connectivity index (χ0v) is 13.6. The minimum atomic E-state index is -0.676. The summed E-state index contributed by atoms with van der Waals surface area (Å²) in [5.41, 5.74) is 0.144. The summed E-state index contributed by atoms with van der Waals surface area (Å²) in [6.45, 7) is 1.28. The van der Waals surface area contributed by atoms with Crippen LogP contribution in [0.1, 0.15) is 32.1 Å². The van der Waals surface area contributed by atoms with Gasteiger partial charge in [0, 0.05) is 18.7 Å². The fourth-order valence-corrected chi connectivity index (χ4v) is 3.16. The Balaban J connectivity index is 1.66. The molecule has 2 fully saturated rings. The molecule has 1 aliphatic carbocycles. The van der Waals surface area contributed by atoms with Gasteiger partial charge in [0.1, 0.15) is 23.4 Å². The maximum atomic E-state index is 14.5. The Morgan fingerprint density at radius 1 is 0.960 bits per heavy atom. The predicted molar refractivity (Wildman–Crippen MR) is 87.1 cm³/mol. The van der Waals surface area contributed by atoms with Crippen molar-refractivity contribution in [1.82, 2.24) is 9.97 Å². The van der Waals surface area contributed by atoms with E-state index in [1.165, 1.54) is 12.1 Å². The van der Waals surface area contributed by atoms with Gasteiger partial charge < -0.3 is 9.64 Å². The van der Waals surface area contributed by atoms with E-state index in [1.807, 2.05) is 0 Å². The fourth-order valence-electron chi connectivity index (χ4n) is 3.16. The maximum Gasteiger partial charge on any atom is 0.254 e. The molecule has 0 amide bonds. The average molecular weight is 349 g/mol. The molecule has 2 heterocycles. The van der Waals surface area contributed by atoms with Gasteiger partial charge in [0.15, 0.2) is 5.82 Å². The second kappa shape index (κ2) is 6.54. The largest absolute Gasteiger partial charge is 0.472 e. The van der Waals surface area contributed by atoms with Crippen LogP contribution in [0.4, 0.5) is 18.9 Å². The highest BCUT2D eigenvalue weighted by molar-refractivity contribution is 5.62. The van der Waals surface area contributed by atoms with Crippen LogP contribution in [0.3, 0.4) is 0 Å². The standard InChI is InChI=1S/C18H18F3N3O/c19-13-8-11(9-14(20)16(13)24-6-1-2-7-24)17-22-10-15(21)18(23-17)25-12-4-3-5-12/h8-10,12H,1-7H2. The summed E-state index contributed by atoms with van der Waals surface area (Å²) in [5.74, 6) is -2.12. The highest BCUT2D eigenvalue weighted by Crippen LogP contribution is 2.32. The number of rotatable bonds is 4. The van der Waals surface area contributed by atoms with Crippen LogP contribution in [0, 0.1) is 17.5 Å². The molecule has 0 atom stereocenters. The van der Waals surface area contributed by atoms with Crippen molar-refractivity contribution in [3.05, 3.63) is 35.8 Å². The summed E-state index contributed by atoms with van der Waals surface area (Å²) in [5, 5.41) is 0. The Morgan fingerprint density at radius 3 is 2.24 bits per heavy atom. The zero-order chi connectivity index (χ0) is 17.4. The minimum Gasteiger partial charge on any atom is -0.472 e. The van der Waals surface area contributed by atoms with Crippen LogP contribution in [0.2, 0.25) is 0 Å². The van der Waals surface area contributed by atoms with Crippen LogP contribution < -0.4 is 9.64 Å². The lowest BCUT2D eigenvalue weighted by atomic mass is 9.96. The van der Waals surface area contributed by atoms with Gasteiger partial charge in [-0.25, -0.2) is 13.8 Å². The number of anilines is 1. The third-order valence-electron chi connectivity index (χ3n) is 4.74. The van der Waals surface area contributed by atoms with Crippen molar-refractivity contribution < 1.29 is 17.9 Å². The molecule has 1 aromatic heterocycles. The van der Waals surface area contributed by atoms with Crippen molar-refractivity contribution in [3.63, 3.8) is 0 Å². The van der Waals surface area contributed by atoms with Crippen molar-refractivity contribution >= 4 is 5.69 Å². The van der Waals surface area contributed by atoms with Gasteiger partial charge in [0.2, 0.25) is 5.82 Å². The van der Waals surface area contributed by atoms with E-state index in [0.717, 1.165) is 38.3 Å². The molecule has 2 aliphatic rings. The normalized spacial score (nSPS) is 17.6. The monoisotopic (exact) mass is 349 g/mol. The molecule has 0 radical (unpaired) electrons. The first kappa shape index (κ1) is 16.2. The topological polar surface area (TPSA) is 38.2 Å². The Bertz CT molecular complexity index is 766. The van der Waals surface area contributed by atoms with Crippen LogP contribution in [-0.4, -0.2) is 29.2 Å². The molecule has 4 nitrogen and oxygen atoms in total. The molecular formula is C18H18F3N3O.